The van der Waals surface area contributed by atoms with Gasteiger partial charge < -0.3 is 15.2 Å². The summed E-state index contributed by atoms with van der Waals surface area (Å²) in [5.41, 5.74) is 0.441. The van der Waals surface area contributed by atoms with Crippen molar-refractivity contribution >= 4 is 41.1 Å². The lowest BCUT2D eigenvalue weighted by Crippen LogP contribution is -2.23. The number of thiazole rings is 1. The molecular formula is C17H20N2O4S2. The van der Waals surface area contributed by atoms with Crippen molar-refractivity contribution in [1.82, 2.24) is 4.57 Å². The van der Waals surface area contributed by atoms with Crippen molar-refractivity contribution < 1.29 is 19.4 Å². The smallest absolute Gasteiger partial charge is 0.338 e. The molecule has 8 heteroatoms. The van der Waals surface area contributed by atoms with E-state index in [0.29, 0.717) is 21.7 Å². The van der Waals surface area contributed by atoms with Crippen molar-refractivity contribution in [3.05, 3.63) is 39.2 Å². The van der Waals surface area contributed by atoms with Crippen LogP contribution in [0.25, 0.3) is 0 Å². The van der Waals surface area contributed by atoms with Crippen LogP contribution in [0.15, 0.2) is 29.6 Å². The molecule has 0 saturated carbocycles. The average Bonchev–Trinajstić information content (AvgIpc) is 2.83. The van der Waals surface area contributed by atoms with Crippen LogP contribution in [0.5, 0.6) is 5.88 Å². The number of ether oxygens (including phenoxy) is 1. The summed E-state index contributed by atoms with van der Waals surface area (Å²) >= 11 is 6.32. The molecule has 0 atom stereocenters. The molecule has 1 amide bonds. The van der Waals surface area contributed by atoms with Gasteiger partial charge >= 0.3 is 5.97 Å². The zero-order valence-electron chi connectivity index (χ0n) is 14.2. The van der Waals surface area contributed by atoms with Crippen LogP contribution in [-0.4, -0.2) is 27.2 Å². The first kappa shape index (κ1) is 19.1. The Hall–Kier alpha value is -2.19. The maximum Gasteiger partial charge on any atom is 0.338 e. The van der Waals surface area contributed by atoms with Crippen molar-refractivity contribution in [1.29, 1.82) is 0 Å². The van der Waals surface area contributed by atoms with E-state index in [2.05, 4.69) is 5.32 Å². The zero-order chi connectivity index (χ0) is 18.6. The van der Waals surface area contributed by atoms with E-state index in [1.54, 1.807) is 45.0 Å². The third kappa shape index (κ3) is 5.68. The second-order valence-electron chi connectivity index (χ2n) is 6.39. The molecule has 0 aliphatic heterocycles. The minimum Gasteiger partial charge on any atom is -0.494 e. The number of aromatic hydroxyl groups is 1. The van der Waals surface area contributed by atoms with Crippen LogP contribution in [0, 0.1) is 3.95 Å². The van der Waals surface area contributed by atoms with Gasteiger partial charge in [0.1, 0.15) is 5.60 Å². The van der Waals surface area contributed by atoms with E-state index >= 15 is 0 Å². The molecule has 0 aliphatic rings. The number of benzene rings is 1. The number of rotatable bonds is 5. The van der Waals surface area contributed by atoms with Gasteiger partial charge in [0.2, 0.25) is 11.8 Å². The Morgan fingerprint density at radius 3 is 2.44 bits per heavy atom. The normalized spacial score (nSPS) is 11.2. The average molecular weight is 380 g/mol. The van der Waals surface area contributed by atoms with Crippen LogP contribution in [0.2, 0.25) is 0 Å². The van der Waals surface area contributed by atoms with Gasteiger partial charge in [0.05, 0.1) is 10.9 Å². The molecule has 2 aromatic rings. The lowest BCUT2D eigenvalue weighted by atomic mass is 10.1. The highest BCUT2D eigenvalue weighted by atomic mass is 32.1. The predicted molar refractivity (Wildman–Crippen MR) is 99.7 cm³/mol. The minimum absolute atomic E-state index is 0.0597. The molecule has 0 spiro atoms. The summed E-state index contributed by atoms with van der Waals surface area (Å²) in [4.78, 5) is 24.0. The number of carbonyl (C=O) groups excluding carboxylic acids is 2. The van der Waals surface area contributed by atoms with Crippen molar-refractivity contribution in [2.75, 3.05) is 5.32 Å². The van der Waals surface area contributed by atoms with Crippen molar-refractivity contribution in [3.63, 3.8) is 0 Å². The fourth-order valence-corrected chi connectivity index (χ4v) is 2.97. The van der Waals surface area contributed by atoms with E-state index in [-0.39, 0.29) is 18.2 Å². The Bertz CT molecular complexity index is 816. The number of nitrogens with one attached hydrogen (secondary N) is 1. The second kappa shape index (κ2) is 7.79. The summed E-state index contributed by atoms with van der Waals surface area (Å²) in [7, 11) is 0. The van der Waals surface area contributed by atoms with Gasteiger partial charge in [-0.1, -0.05) is 0 Å². The molecule has 6 nitrogen and oxygen atoms in total. The molecule has 1 heterocycles. The Morgan fingerprint density at radius 1 is 1.28 bits per heavy atom. The zero-order valence-corrected chi connectivity index (χ0v) is 15.9. The first-order chi connectivity index (χ1) is 11.7. The Balaban J connectivity index is 1.91. The highest BCUT2D eigenvalue weighted by molar-refractivity contribution is 7.73. The number of hydrogen-bond donors (Lipinski definition) is 2. The lowest BCUT2D eigenvalue weighted by Gasteiger charge is -2.19. The quantitative estimate of drug-likeness (QED) is 0.606. The summed E-state index contributed by atoms with van der Waals surface area (Å²) in [6.07, 6.45) is 0.173. The molecule has 1 aromatic carbocycles. The highest BCUT2D eigenvalue weighted by Crippen LogP contribution is 2.18. The third-order valence-corrected chi connectivity index (χ3v) is 4.39. The SMILES string of the molecule is CC(C)(C)OC(=O)c1ccc(NC(=O)CCn2c(O)csc2=S)cc1. The second-order valence-corrected chi connectivity index (χ2v) is 7.89. The van der Waals surface area contributed by atoms with Crippen LogP contribution >= 0.6 is 23.6 Å². The van der Waals surface area contributed by atoms with Gasteiger partial charge in [0.25, 0.3) is 0 Å². The van der Waals surface area contributed by atoms with Crippen LogP contribution < -0.4 is 5.32 Å². The number of carbonyl (C=O) groups is 2. The topological polar surface area (TPSA) is 80.6 Å². The summed E-state index contributed by atoms with van der Waals surface area (Å²) in [5, 5.41) is 13.9. The fourth-order valence-electron chi connectivity index (χ4n) is 1.99. The van der Waals surface area contributed by atoms with E-state index < -0.39 is 11.6 Å². The summed E-state index contributed by atoms with van der Waals surface area (Å²) in [5.74, 6) is -0.560. The molecule has 134 valence electrons. The van der Waals surface area contributed by atoms with Crippen LogP contribution in [0.1, 0.15) is 37.6 Å². The Labute approximate surface area is 155 Å². The Morgan fingerprint density at radius 2 is 1.92 bits per heavy atom. The third-order valence-electron chi connectivity index (χ3n) is 3.13. The molecule has 1 aromatic heterocycles. The first-order valence-corrected chi connectivity index (χ1v) is 8.95. The molecule has 0 unspecified atom stereocenters. The molecule has 0 bridgehead atoms. The van der Waals surface area contributed by atoms with Gasteiger partial charge in [-0.2, -0.15) is 0 Å². The molecule has 2 N–H and O–H groups in total. The van der Waals surface area contributed by atoms with Crippen LogP contribution in [0.4, 0.5) is 5.69 Å². The summed E-state index contributed by atoms with van der Waals surface area (Å²) in [6, 6.07) is 6.49. The van der Waals surface area contributed by atoms with Gasteiger partial charge in [0.15, 0.2) is 3.95 Å². The molecule has 0 aliphatic carbocycles. The minimum atomic E-state index is -0.557. The van der Waals surface area contributed by atoms with Gasteiger partial charge in [-0.25, -0.2) is 4.79 Å². The number of nitrogens with zero attached hydrogens (tertiary/aromatic N) is 1. The molecular weight excluding hydrogens is 360 g/mol. The summed E-state index contributed by atoms with van der Waals surface area (Å²) < 4.78 is 7.31. The summed E-state index contributed by atoms with van der Waals surface area (Å²) in [6.45, 7) is 5.71. The molecule has 0 saturated heterocycles. The largest absolute Gasteiger partial charge is 0.494 e. The molecule has 0 radical (unpaired) electrons. The number of aromatic nitrogens is 1. The number of esters is 1. The van der Waals surface area contributed by atoms with Crippen LogP contribution in [0.3, 0.4) is 0 Å². The molecule has 0 fully saturated rings. The maximum atomic E-state index is 12.0. The van der Waals surface area contributed by atoms with Crippen molar-refractivity contribution in [2.45, 2.75) is 39.3 Å². The highest BCUT2D eigenvalue weighted by Gasteiger charge is 2.17. The lowest BCUT2D eigenvalue weighted by molar-refractivity contribution is -0.116. The van der Waals surface area contributed by atoms with Crippen molar-refractivity contribution in [2.24, 2.45) is 0 Å². The van der Waals surface area contributed by atoms with Gasteiger partial charge in [-0.15, -0.1) is 11.3 Å². The Kier molecular flexibility index (Phi) is 5.97. The number of hydrogen-bond acceptors (Lipinski definition) is 6. The first-order valence-electron chi connectivity index (χ1n) is 7.66. The van der Waals surface area contributed by atoms with E-state index in [4.69, 9.17) is 17.0 Å². The molecule has 25 heavy (non-hydrogen) atoms. The van der Waals surface area contributed by atoms with Gasteiger partial charge in [-0.05, 0) is 57.3 Å². The number of anilines is 1. The predicted octanol–water partition coefficient (Wildman–Crippen LogP) is 3.97. The van der Waals surface area contributed by atoms with E-state index in [1.807, 2.05) is 0 Å². The van der Waals surface area contributed by atoms with E-state index in [0.717, 1.165) is 0 Å². The monoisotopic (exact) mass is 380 g/mol. The van der Waals surface area contributed by atoms with E-state index in [9.17, 15) is 14.7 Å². The molecule has 2 rings (SSSR count). The van der Waals surface area contributed by atoms with Gasteiger partial charge in [0, 0.05) is 18.7 Å². The van der Waals surface area contributed by atoms with Gasteiger partial charge in [-0.3, -0.25) is 9.36 Å². The maximum absolute atomic E-state index is 12.0. The van der Waals surface area contributed by atoms with Crippen LogP contribution in [-0.2, 0) is 16.1 Å². The van der Waals surface area contributed by atoms with E-state index in [1.165, 1.54) is 21.3 Å². The van der Waals surface area contributed by atoms with Crippen molar-refractivity contribution in [3.8, 4) is 5.88 Å². The fraction of sp³-hybridized carbons (Fsp3) is 0.353. The number of amides is 1. The standard InChI is InChI=1S/C17H20N2O4S2/c1-17(2,3)23-15(22)11-4-6-12(7-5-11)18-13(20)8-9-19-14(21)10-25-16(19)24/h4-7,10,21H,8-9H2,1-3H3,(H,18,20).